The largest absolute Gasteiger partial charge is 0.756 e. The molecule has 0 saturated heterocycles. The highest BCUT2D eigenvalue weighted by Gasteiger charge is 2.23. The first-order chi connectivity index (χ1) is 29.0. The minimum atomic E-state index is -4.59. The second kappa shape index (κ2) is 43.5. The Balaban J connectivity index is 4.25. The van der Waals surface area contributed by atoms with Gasteiger partial charge in [-0.2, -0.15) is 0 Å². The predicted octanol–water partition coefficient (Wildman–Crippen LogP) is 14.5. The van der Waals surface area contributed by atoms with Crippen LogP contribution in [-0.2, 0) is 18.4 Å². The van der Waals surface area contributed by atoms with Gasteiger partial charge in [0.05, 0.1) is 39.9 Å². The number of allylic oxidation sites excluding steroid dienone is 1. The van der Waals surface area contributed by atoms with E-state index in [4.69, 9.17) is 9.05 Å². The molecule has 0 rings (SSSR count). The van der Waals surface area contributed by atoms with Gasteiger partial charge in [0.25, 0.3) is 7.82 Å². The Labute approximate surface area is 373 Å². The summed E-state index contributed by atoms with van der Waals surface area (Å²) in [6.07, 6.45) is 51.2. The minimum absolute atomic E-state index is 0.00247. The van der Waals surface area contributed by atoms with E-state index in [2.05, 4.69) is 19.2 Å². The lowest BCUT2D eigenvalue weighted by molar-refractivity contribution is -0.870. The monoisotopic (exact) mass is 871 g/mol. The van der Waals surface area contributed by atoms with Crippen molar-refractivity contribution in [3.63, 3.8) is 0 Å². The molecule has 9 heteroatoms. The Kier molecular flexibility index (Phi) is 42.9. The van der Waals surface area contributed by atoms with Gasteiger partial charge in [-0.25, -0.2) is 0 Å². The molecule has 0 aliphatic heterocycles. The summed E-state index contributed by atoms with van der Waals surface area (Å²) in [6.45, 7) is 4.69. The van der Waals surface area contributed by atoms with Crippen molar-refractivity contribution in [1.29, 1.82) is 0 Å². The average molecular weight is 871 g/mol. The van der Waals surface area contributed by atoms with E-state index in [1.807, 2.05) is 27.2 Å². The highest BCUT2D eigenvalue weighted by Crippen LogP contribution is 2.38. The second-order valence-corrected chi connectivity index (χ2v) is 20.7. The lowest BCUT2D eigenvalue weighted by atomic mass is 10.0. The first-order valence-corrected chi connectivity index (χ1v) is 27.5. The lowest BCUT2D eigenvalue weighted by Crippen LogP contribution is -2.45. The number of hydrogen-bond donors (Lipinski definition) is 2. The normalized spacial score (nSPS) is 14.2. The summed E-state index contributed by atoms with van der Waals surface area (Å²) >= 11 is 0. The van der Waals surface area contributed by atoms with E-state index < -0.39 is 20.0 Å². The molecule has 2 N–H and O–H groups in total. The smallest absolute Gasteiger partial charge is 0.268 e. The molecule has 1 amide bonds. The van der Waals surface area contributed by atoms with Gasteiger partial charge in [-0.1, -0.05) is 244 Å². The van der Waals surface area contributed by atoms with E-state index in [0.717, 1.165) is 38.5 Å². The molecule has 1 unspecified atom stereocenters. The van der Waals surface area contributed by atoms with E-state index >= 15 is 0 Å². The van der Waals surface area contributed by atoms with E-state index in [9.17, 15) is 19.4 Å². The molecule has 3 atom stereocenters. The van der Waals surface area contributed by atoms with E-state index in [-0.39, 0.29) is 19.1 Å². The predicted molar refractivity (Wildman–Crippen MR) is 256 cm³/mol. The SMILES string of the molecule is CCCCCCCCCCCCCCCCC/C=C/[C@@H](O)[C@H](COP(=O)([O-])OCC[N+](C)(C)C)NC(=O)CCCCCCCCCCCCCCCCCCCCCCC. The Bertz CT molecular complexity index is 989. The first-order valence-electron chi connectivity index (χ1n) is 26.1. The summed E-state index contributed by atoms with van der Waals surface area (Å²) in [4.78, 5) is 25.4. The van der Waals surface area contributed by atoms with Crippen LogP contribution in [0.3, 0.4) is 0 Å². The van der Waals surface area contributed by atoms with Crippen molar-refractivity contribution in [3.8, 4) is 0 Å². The van der Waals surface area contributed by atoms with Gasteiger partial charge in [0, 0.05) is 6.42 Å². The third-order valence-corrected chi connectivity index (χ3v) is 13.0. The van der Waals surface area contributed by atoms with Crippen molar-refractivity contribution in [1.82, 2.24) is 5.32 Å². The summed E-state index contributed by atoms with van der Waals surface area (Å²) in [5, 5.41) is 13.8. The molecular weight excluding hydrogens is 768 g/mol. The number of amides is 1. The molecule has 0 radical (unpaired) electrons. The Morgan fingerprint density at radius 1 is 0.567 bits per heavy atom. The maximum Gasteiger partial charge on any atom is 0.268 e. The number of unbranched alkanes of at least 4 members (excludes halogenated alkanes) is 35. The Hall–Kier alpha value is -0.760. The number of hydrogen-bond acceptors (Lipinski definition) is 6. The van der Waals surface area contributed by atoms with Crippen LogP contribution in [0, 0.1) is 0 Å². The molecule has 0 aromatic heterocycles. The zero-order valence-corrected chi connectivity index (χ0v) is 41.6. The fourth-order valence-electron chi connectivity index (χ4n) is 7.86. The molecule has 0 aromatic carbocycles. The van der Waals surface area contributed by atoms with Crippen molar-refractivity contribution in [2.75, 3.05) is 40.9 Å². The summed E-state index contributed by atoms with van der Waals surface area (Å²) in [5.41, 5.74) is 0. The zero-order chi connectivity index (χ0) is 44.3. The molecule has 0 spiro atoms. The maximum absolute atomic E-state index is 12.9. The summed E-state index contributed by atoms with van der Waals surface area (Å²) < 4.78 is 23.3. The third kappa shape index (κ3) is 45.3. The number of phosphoric acid groups is 1. The highest BCUT2D eigenvalue weighted by atomic mass is 31.2. The van der Waals surface area contributed by atoms with Gasteiger partial charge < -0.3 is 28.8 Å². The lowest BCUT2D eigenvalue weighted by Gasteiger charge is -2.29. The minimum Gasteiger partial charge on any atom is -0.756 e. The number of quaternary nitrogens is 1. The van der Waals surface area contributed by atoms with E-state index in [1.54, 1.807) is 6.08 Å². The number of aliphatic hydroxyl groups excluding tert-OH is 1. The van der Waals surface area contributed by atoms with E-state index in [1.165, 1.54) is 199 Å². The topological polar surface area (TPSA) is 108 Å². The number of likely N-dealkylation sites (N-methyl/N-ethyl adjacent to an activating group) is 1. The van der Waals surface area contributed by atoms with Gasteiger partial charge in [-0.15, -0.1) is 0 Å². The molecule has 0 saturated carbocycles. The first kappa shape index (κ1) is 59.2. The molecule has 0 bridgehead atoms. The summed E-state index contributed by atoms with van der Waals surface area (Å²) in [7, 11) is 1.28. The van der Waals surface area contributed by atoms with Crippen LogP contribution < -0.4 is 10.2 Å². The van der Waals surface area contributed by atoms with Crippen molar-refractivity contribution >= 4 is 13.7 Å². The molecule has 0 aromatic rings. The Morgan fingerprint density at radius 2 is 0.900 bits per heavy atom. The van der Waals surface area contributed by atoms with Crippen molar-refractivity contribution in [2.45, 2.75) is 270 Å². The van der Waals surface area contributed by atoms with Crippen molar-refractivity contribution in [2.24, 2.45) is 0 Å². The van der Waals surface area contributed by atoms with Crippen LogP contribution in [-0.4, -0.2) is 68.5 Å². The van der Waals surface area contributed by atoms with Crippen LogP contribution in [0.25, 0.3) is 0 Å². The molecule has 358 valence electrons. The van der Waals surface area contributed by atoms with Crippen LogP contribution in [0.1, 0.15) is 258 Å². The molecule has 8 nitrogen and oxygen atoms in total. The maximum atomic E-state index is 12.9. The number of rotatable bonds is 48. The standard InChI is InChI=1S/C51H103N2O6P/c1-6-8-10-12-14-16-18-20-22-24-25-26-27-29-31-33-35-37-39-41-43-45-51(55)52-49(48-59-60(56,57)58-47-46-53(3,4)5)50(54)44-42-40-38-36-34-32-30-28-23-21-19-17-15-13-11-9-7-2/h42,44,49-50,54H,6-41,43,45-48H2,1-5H3,(H-,52,55,56,57)/b44-42+/t49-,50+/m0/s1. The van der Waals surface area contributed by atoms with Gasteiger partial charge in [-0.05, 0) is 19.3 Å². The quantitative estimate of drug-likeness (QED) is 0.0273. The van der Waals surface area contributed by atoms with Crippen LogP contribution in [0.5, 0.6) is 0 Å². The average Bonchev–Trinajstić information content (AvgIpc) is 3.20. The second-order valence-electron chi connectivity index (χ2n) is 19.2. The molecule has 0 aliphatic carbocycles. The zero-order valence-electron chi connectivity index (χ0n) is 40.7. The van der Waals surface area contributed by atoms with Crippen LogP contribution in [0.15, 0.2) is 12.2 Å². The fourth-order valence-corrected chi connectivity index (χ4v) is 8.58. The Morgan fingerprint density at radius 3 is 1.25 bits per heavy atom. The number of nitrogens with zero attached hydrogens (tertiary/aromatic N) is 1. The summed E-state index contributed by atoms with van der Waals surface area (Å²) in [5.74, 6) is -0.192. The molecule has 0 heterocycles. The fraction of sp³-hybridized carbons (Fsp3) is 0.941. The van der Waals surface area contributed by atoms with Gasteiger partial charge in [0.2, 0.25) is 5.91 Å². The van der Waals surface area contributed by atoms with Crippen molar-refractivity contribution in [3.05, 3.63) is 12.2 Å². The van der Waals surface area contributed by atoms with Gasteiger partial charge in [-0.3, -0.25) is 9.36 Å². The highest BCUT2D eigenvalue weighted by molar-refractivity contribution is 7.45. The summed E-state index contributed by atoms with van der Waals surface area (Å²) in [6, 6.07) is -0.881. The van der Waals surface area contributed by atoms with Gasteiger partial charge >= 0.3 is 0 Å². The molecule has 0 fully saturated rings. The van der Waals surface area contributed by atoms with Crippen LogP contribution in [0.4, 0.5) is 0 Å². The molecule has 60 heavy (non-hydrogen) atoms. The molecular formula is C51H103N2O6P. The number of carbonyl (C=O) groups excluding carboxylic acids is 1. The number of phosphoric ester groups is 1. The van der Waals surface area contributed by atoms with Gasteiger partial charge in [0.1, 0.15) is 13.2 Å². The number of aliphatic hydroxyl groups is 1. The van der Waals surface area contributed by atoms with E-state index in [0.29, 0.717) is 17.4 Å². The van der Waals surface area contributed by atoms with Crippen molar-refractivity contribution < 1.29 is 32.9 Å². The molecule has 0 aliphatic rings. The van der Waals surface area contributed by atoms with Gasteiger partial charge in [0.15, 0.2) is 0 Å². The third-order valence-electron chi connectivity index (χ3n) is 12.0. The van der Waals surface area contributed by atoms with Crippen LogP contribution in [0.2, 0.25) is 0 Å². The van der Waals surface area contributed by atoms with Crippen LogP contribution >= 0.6 is 7.82 Å². The number of nitrogens with one attached hydrogen (secondary N) is 1. The number of carbonyl (C=O) groups is 1.